The van der Waals surface area contributed by atoms with Gasteiger partial charge in [-0.2, -0.15) is 13.2 Å². The predicted molar refractivity (Wildman–Crippen MR) is 131 cm³/mol. The van der Waals surface area contributed by atoms with Crippen molar-refractivity contribution in [3.63, 3.8) is 0 Å². The van der Waals surface area contributed by atoms with Gasteiger partial charge in [-0.05, 0) is 79.9 Å². The summed E-state index contributed by atoms with van der Waals surface area (Å²) in [7, 11) is 0. The minimum absolute atomic E-state index is 0.150. The normalized spacial score (nSPS) is 28.5. The molecule has 1 saturated heterocycles. The number of amides is 1. The van der Waals surface area contributed by atoms with Gasteiger partial charge in [-0.25, -0.2) is 4.39 Å². The van der Waals surface area contributed by atoms with Gasteiger partial charge in [0.1, 0.15) is 5.82 Å². The van der Waals surface area contributed by atoms with Crippen LogP contribution in [0.4, 0.5) is 17.6 Å². The van der Waals surface area contributed by atoms with Crippen molar-refractivity contribution in [2.75, 3.05) is 13.1 Å². The number of alkyl halides is 3. The van der Waals surface area contributed by atoms with E-state index in [9.17, 15) is 22.4 Å². The lowest BCUT2D eigenvalue weighted by molar-refractivity contribution is -0.140. The van der Waals surface area contributed by atoms with Crippen molar-refractivity contribution in [3.8, 4) is 0 Å². The Morgan fingerprint density at radius 1 is 0.917 bits per heavy atom. The summed E-state index contributed by atoms with van der Waals surface area (Å²) in [6, 6.07) is 3.43. The van der Waals surface area contributed by atoms with Gasteiger partial charge in [0, 0.05) is 31.6 Å². The SMILES string of the molecule is O=C(NC1CCC2CN(Cc3ccc(C(F)(F)F)c(F)c3)CC21)C(C1CCCCC1)C1CCCCC1. The number of carbonyl (C=O) groups is 1. The molecule has 36 heavy (non-hydrogen) atoms. The van der Waals surface area contributed by atoms with E-state index in [1.54, 1.807) is 0 Å². The number of likely N-dealkylation sites (tertiary alicyclic amines) is 1. The van der Waals surface area contributed by atoms with E-state index in [1.807, 2.05) is 0 Å². The van der Waals surface area contributed by atoms with Gasteiger partial charge in [0.25, 0.3) is 0 Å². The van der Waals surface area contributed by atoms with Crippen LogP contribution >= 0.6 is 0 Å². The molecule has 5 rings (SSSR count). The molecular formula is C29H40F4N2O. The molecule has 3 aliphatic carbocycles. The zero-order valence-electron chi connectivity index (χ0n) is 21.2. The average Bonchev–Trinajstić information content (AvgIpc) is 3.41. The minimum atomic E-state index is -4.67. The Kier molecular flexibility index (Phi) is 7.95. The number of hydrogen-bond acceptors (Lipinski definition) is 2. The molecule has 3 nitrogen and oxygen atoms in total. The fourth-order valence-electron chi connectivity index (χ4n) is 7.89. The van der Waals surface area contributed by atoms with Gasteiger partial charge in [-0.3, -0.25) is 9.69 Å². The first-order chi connectivity index (χ1) is 17.3. The first kappa shape index (κ1) is 26.0. The van der Waals surface area contributed by atoms with E-state index in [0.717, 1.165) is 38.1 Å². The summed E-state index contributed by atoms with van der Waals surface area (Å²) in [6.07, 6.45) is 9.69. The quantitative estimate of drug-likeness (QED) is 0.422. The summed E-state index contributed by atoms with van der Waals surface area (Å²) in [4.78, 5) is 16.0. The van der Waals surface area contributed by atoms with Gasteiger partial charge >= 0.3 is 6.18 Å². The van der Waals surface area contributed by atoms with E-state index in [1.165, 1.54) is 70.3 Å². The number of benzene rings is 1. The number of nitrogens with zero attached hydrogens (tertiary/aromatic N) is 1. The van der Waals surface area contributed by atoms with Crippen LogP contribution in [0, 0.1) is 35.4 Å². The maximum absolute atomic E-state index is 14.1. The van der Waals surface area contributed by atoms with Crippen LogP contribution in [0.3, 0.4) is 0 Å². The van der Waals surface area contributed by atoms with E-state index in [4.69, 9.17) is 0 Å². The Morgan fingerprint density at radius 2 is 1.56 bits per heavy atom. The van der Waals surface area contributed by atoms with Crippen LogP contribution in [-0.2, 0) is 17.5 Å². The van der Waals surface area contributed by atoms with Crippen molar-refractivity contribution in [1.29, 1.82) is 0 Å². The van der Waals surface area contributed by atoms with E-state index >= 15 is 0 Å². The highest BCUT2D eigenvalue weighted by atomic mass is 19.4. The maximum atomic E-state index is 14.1. The van der Waals surface area contributed by atoms with E-state index in [-0.39, 0.29) is 17.9 Å². The Balaban J connectivity index is 1.21. The van der Waals surface area contributed by atoms with E-state index < -0.39 is 17.6 Å². The Hall–Kier alpha value is -1.63. The van der Waals surface area contributed by atoms with Crippen molar-refractivity contribution >= 4 is 5.91 Å². The number of carbonyl (C=O) groups excluding carboxylic acids is 1. The van der Waals surface area contributed by atoms with Gasteiger partial charge in [0.05, 0.1) is 5.56 Å². The first-order valence-electron chi connectivity index (χ1n) is 14.2. The van der Waals surface area contributed by atoms with Gasteiger partial charge in [-0.1, -0.05) is 44.6 Å². The maximum Gasteiger partial charge on any atom is 0.419 e. The molecule has 4 aliphatic rings. The second kappa shape index (κ2) is 11.0. The van der Waals surface area contributed by atoms with Gasteiger partial charge in [-0.15, -0.1) is 0 Å². The summed E-state index contributed by atoms with van der Waals surface area (Å²) >= 11 is 0. The van der Waals surface area contributed by atoms with Crippen molar-refractivity contribution < 1.29 is 22.4 Å². The molecule has 0 aromatic heterocycles. The highest BCUT2D eigenvalue weighted by Gasteiger charge is 2.45. The van der Waals surface area contributed by atoms with Crippen molar-refractivity contribution in [2.45, 2.75) is 95.8 Å². The first-order valence-corrected chi connectivity index (χ1v) is 14.2. The Morgan fingerprint density at radius 3 is 2.14 bits per heavy atom. The lowest BCUT2D eigenvalue weighted by Gasteiger charge is -2.37. The fraction of sp³-hybridized carbons (Fsp3) is 0.759. The molecule has 1 aromatic rings. The molecule has 3 atom stereocenters. The molecule has 1 aliphatic heterocycles. The summed E-state index contributed by atoms with van der Waals surface area (Å²) in [5.74, 6) is 1.12. The molecular weight excluding hydrogens is 468 g/mol. The second-order valence-electron chi connectivity index (χ2n) is 11.9. The number of nitrogens with one attached hydrogen (secondary N) is 1. The molecule has 0 radical (unpaired) electrons. The molecule has 4 fully saturated rings. The van der Waals surface area contributed by atoms with Crippen molar-refractivity contribution in [3.05, 3.63) is 35.1 Å². The summed E-state index contributed by atoms with van der Waals surface area (Å²) in [5, 5.41) is 3.51. The summed E-state index contributed by atoms with van der Waals surface area (Å²) in [6.45, 7) is 2.10. The summed E-state index contributed by atoms with van der Waals surface area (Å²) < 4.78 is 52.7. The highest BCUT2D eigenvalue weighted by molar-refractivity contribution is 5.79. The Bertz CT molecular complexity index is 889. The van der Waals surface area contributed by atoms with Crippen molar-refractivity contribution in [2.24, 2.45) is 29.6 Å². The third-order valence-corrected chi connectivity index (χ3v) is 9.62. The lowest BCUT2D eigenvalue weighted by atomic mass is 9.69. The molecule has 3 saturated carbocycles. The van der Waals surface area contributed by atoms with E-state index in [0.29, 0.717) is 35.8 Å². The fourth-order valence-corrected chi connectivity index (χ4v) is 7.89. The third kappa shape index (κ3) is 5.76. The number of hydrogen-bond donors (Lipinski definition) is 1. The number of rotatable bonds is 6. The zero-order valence-corrected chi connectivity index (χ0v) is 21.2. The molecule has 1 aromatic carbocycles. The molecule has 1 amide bonds. The predicted octanol–water partition coefficient (Wildman–Crippen LogP) is 6.95. The lowest BCUT2D eigenvalue weighted by Crippen LogP contribution is -2.47. The average molecular weight is 509 g/mol. The molecule has 1 N–H and O–H groups in total. The molecule has 1 heterocycles. The summed E-state index contributed by atoms with van der Waals surface area (Å²) in [5.41, 5.74) is -0.645. The molecule has 200 valence electrons. The van der Waals surface area contributed by atoms with Crippen LogP contribution in [0.1, 0.15) is 88.2 Å². The molecule has 3 unspecified atom stereocenters. The van der Waals surface area contributed by atoms with Gasteiger partial charge in [0.15, 0.2) is 0 Å². The van der Waals surface area contributed by atoms with Crippen LogP contribution in [-0.4, -0.2) is 29.9 Å². The zero-order chi connectivity index (χ0) is 25.3. The van der Waals surface area contributed by atoms with Gasteiger partial charge < -0.3 is 5.32 Å². The largest absolute Gasteiger partial charge is 0.419 e. The smallest absolute Gasteiger partial charge is 0.353 e. The minimum Gasteiger partial charge on any atom is -0.353 e. The monoisotopic (exact) mass is 508 g/mol. The third-order valence-electron chi connectivity index (χ3n) is 9.62. The van der Waals surface area contributed by atoms with Crippen LogP contribution in [0.25, 0.3) is 0 Å². The number of halogens is 4. The van der Waals surface area contributed by atoms with Crippen LogP contribution in [0.5, 0.6) is 0 Å². The molecule has 7 heteroatoms. The Labute approximate surface area is 212 Å². The van der Waals surface area contributed by atoms with Crippen LogP contribution < -0.4 is 5.32 Å². The molecule has 0 bridgehead atoms. The highest BCUT2D eigenvalue weighted by Crippen LogP contribution is 2.42. The molecule has 0 spiro atoms. The topological polar surface area (TPSA) is 32.3 Å². The standard InChI is InChI=1S/C29H40F4N2O/c30-25-15-19(11-13-24(25)29(31,32)33)16-35-17-22-12-14-26(23(22)18-35)34-28(36)27(20-7-3-1-4-8-20)21-9-5-2-6-10-21/h11,13,15,20-23,26-27H,1-10,12,14,16-18H2,(H,34,36). The van der Waals surface area contributed by atoms with Crippen LogP contribution in [0.15, 0.2) is 18.2 Å². The van der Waals surface area contributed by atoms with Gasteiger partial charge in [0.2, 0.25) is 5.91 Å². The second-order valence-corrected chi connectivity index (χ2v) is 11.9. The van der Waals surface area contributed by atoms with Crippen molar-refractivity contribution in [1.82, 2.24) is 10.2 Å². The number of fused-ring (bicyclic) bond motifs is 1. The van der Waals surface area contributed by atoms with E-state index in [2.05, 4.69) is 10.2 Å². The van der Waals surface area contributed by atoms with Crippen LogP contribution in [0.2, 0.25) is 0 Å².